The van der Waals surface area contributed by atoms with Crippen molar-refractivity contribution < 1.29 is 24.2 Å². The monoisotopic (exact) mass is 458 g/mol. The van der Waals surface area contributed by atoms with Crippen molar-refractivity contribution in [1.82, 2.24) is 5.32 Å². The maximum atomic E-state index is 12.4. The molecule has 0 heterocycles. The van der Waals surface area contributed by atoms with Crippen LogP contribution in [-0.4, -0.2) is 35.5 Å². The quantitative estimate of drug-likeness (QED) is 0.356. The largest absolute Gasteiger partial charge is 0.490 e. The minimum absolute atomic E-state index is 0.00411. The molecular weight excluding hydrogens is 432 g/mol. The molecule has 0 aliphatic heterocycles. The molecule has 1 saturated carbocycles. The summed E-state index contributed by atoms with van der Waals surface area (Å²) in [6.45, 7) is 0.373. The van der Waals surface area contributed by atoms with Gasteiger partial charge in [-0.2, -0.15) is 0 Å². The number of Topliss-reactive ketones (excluding diaryl/α,β-unsaturated/α-hetero) is 1. The fourth-order valence-electron chi connectivity index (χ4n) is 3.68. The topological polar surface area (TPSA) is 105 Å². The number of hydrogen-bond donors (Lipinski definition) is 3. The fourth-order valence-corrected chi connectivity index (χ4v) is 3.87. The molecule has 1 aliphatic rings. The number of halogens is 1. The minimum Gasteiger partial charge on any atom is -0.490 e. The lowest BCUT2D eigenvalue weighted by Gasteiger charge is -2.26. The van der Waals surface area contributed by atoms with Crippen LogP contribution >= 0.6 is 11.6 Å². The number of benzene rings is 2. The average molecular weight is 459 g/mol. The molecule has 170 valence electrons. The van der Waals surface area contributed by atoms with Gasteiger partial charge in [-0.05, 0) is 74.6 Å². The Kier molecular flexibility index (Phi) is 8.50. The fraction of sp³-hybridized carbons (Fsp3) is 0.375. The van der Waals surface area contributed by atoms with Crippen molar-refractivity contribution >= 4 is 35.1 Å². The van der Waals surface area contributed by atoms with Crippen molar-refractivity contribution in [2.45, 2.75) is 44.6 Å². The second-order valence-corrected chi connectivity index (χ2v) is 8.31. The standard InChI is InChI=1S/C24H27ClN2O5/c25-18-3-1-4-19(15-18)27-24(31)26-14-2-5-22(28)16-6-10-20(11-7-16)32-21-12-8-17(9-13-21)23(29)30/h1,3-4,6-7,10-11,15,17,21H,2,5,8-9,12-14H2,(H,29,30)(H2,26,27,31). The SMILES string of the molecule is O=C(NCCCC(=O)c1ccc(OC2CCC(C(=O)O)CC2)cc1)Nc1cccc(Cl)c1. The summed E-state index contributed by atoms with van der Waals surface area (Å²) in [6.07, 6.45) is 3.54. The number of nitrogens with one attached hydrogen (secondary N) is 2. The maximum absolute atomic E-state index is 12.4. The molecule has 8 heteroatoms. The van der Waals surface area contributed by atoms with E-state index in [9.17, 15) is 14.4 Å². The minimum atomic E-state index is -0.733. The number of carboxylic acid groups (broad SMARTS) is 1. The lowest BCUT2D eigenvalue weighted by Crippen LogP contribution is -2.29. The first-order valence-electron chi connectivity index (χ1n) is 10.7. The lowest BCUT2D eigenvalue weighted by molar-refractivity contribution is -0.143. The first-order chi connectivity index (χ1) is 15.4. The van der Waals surface area contributed by atoms with Crippen LogP contribution in [0.3, 0.4) is 0 Å². The van der Waals surface area contributed by atoms with Crippen molar-refractivity contribution in [2.75, 3.05) is 11.9 Å². The van der Waals surface area contributed by atoms with Crippen LogP contribution in [0.4, 0.5) is 10.5 Å². The molecule has 3 rings (SSSR count). The highest BCUT2D eigenvalue weighted by Crippen LogP contribution is 2.28. The van der Waals surface area contributed by atoms with Crippen LogP contribution in [0, 0.1) is 5.92 Å². The highest BCUT2D eigenvalue weighted by Gasteiger charge is 2.26. The lowest BCUT2D eigenvalue weighted by atomic mass is 9.87. The molecule has 0 unspecified atom stereocenters. The molecule has 0 saturated heterocycles. The molecule has 2 aromatic rings. The molecule has 32 heavy (non-hydrogen) atoms. The Morgan fingerprint density at radius 3 is 2.41 bits per heavy atom. The summed E-state index contributed by atoms with van der Waals surface area (Å²) in [5.74, 6) is -0.328. The van der Waals surface area contributed by atoms with Gasteiger partial charge < -0.3 is 20.5 Å². The molecule has 1 aliphatic carbocycles. The van der Waals surface area contributed by atoms with Gasteiger partial charge in [0.15, 0.2) is 5.78 Å². The Morgan fingerprint density at radius 2 is 1.75 bits per heavy atom. The van der Waals surface area contributed by atoms with E-state index in [0.29, 0.717) is 54.3 Å². The highest BCUT2D eigenvalue weighted by molar-refractivity contribution is 6.30. The molecule has 7 nitrogen and oxygen atoms in total. The van der Waals surface area contributed by atoms with Crippen LogP contribution in [-0.2, 0) is 4.79 Å². The summed E-state index contributed by atoms with van der Waals surface area (Å²) in [7, 11) is 0. The van der Waals surface area contributed by atoms with Gasteiger partial charge in [-0.15, -0.1) is 0 Å². The number of anilines is 1. The van der Waals surface area contributed by atoms with Gasteiger partial charge in [0, 0.05) is 29.2 Å². The number of urea groups is 1. The van der Waals surface area contributed by atoms with Crippen LogP contribution in [0.15, 0.2) is 48.5 Å². The van der Waals surface area contributed by atoms with E-state index in [1.54, 1.807) is 48.5 Å². The Bertz CT molecular complexity index is 940. The average Bonchev–Trinajstić information content (AvgIpc) is 2.77. The predicted molar refractivity (Wildman–Crippen MR) is 122 cm³/mol. The van der Waals surface area contributed by atoms with Crippen LogP contribution in [0.25, 0.3) is 0 Å². The number of carbonyl (C=O) groups excluding carboxylic acids is 2. The summed E-state index contributed by atoms with van der Waals surface area (Å²) in [5.41, 5.74) is 1.19. The van der Waals surface area contributed by atoms with Gasteiger partial charge in [0.1, 0.15) is 5.75 Å². The number of rotatable bonds is 9. The van der Waals surface area contributed by atoms with Gasteiger partial charge >= 0.3 is 12.0 Å². The second kappa shape index (κ2) is 11.5. The molecule has 0 aromatic heterocycles. The molecule has 2 aromatic carbocycles. The summed E-state index contributed by atoms with van der Waals surface area (Å²) >= 11 is 5.89. The normalized spacial score (nSPS) is 17.9. The molecule has 0 bridgehead atoms. The Labute approximate surface area is 192 Å². The van der Waals surface area contributed by atoms with E-state index < -0.39 is 5.97 Å². The van der Waals surface area contributed by atoms with Crippen LogP contribution in [0.1, 0.15) is 48.9 Å². The van der Waals surface area contributed by atoms with E-state index in [4.69, 9.17) is 21.4 Å². The van der Waals surface area contributed by atoms with E-state index in [0.717, 1.165) is 12.8 Å². The summed E-state index contributed by atoms with van der Waals surface area (Å²) in [5, 5.41) is 15.0. The van der Waals surface area contributed by atoms with E-state index >= 15 is 0 Å². The Hall–Kier alpha value is -3.06. The zero-order valence-corrected chi connectivity index (χ0v) is 18.4. The Morgan fingerprint density at radius 1 is 1.03 bits per heavy atom. The zero-order chi connectivity index (χ0) is 22.9. The number of carbonyl (C=O) groups is 3. The van der Waals surface area contributed by atoms with Gasteiger partial charge in [-0.3, -0.25) is 9.59 Å². The predicted octanol–water partition coefficient (Wildman–Crippen LogP) is 5.15. The van der Waals surface area contributed by atoms with Gasteiger partial charge in [0.25, 0.3) is 0 Å². The first-order valence-corrected chi connectivity index (χ1v) is 11.1. The number of ketones is 1. The van der Waals surface area contributed by atoms with Gasteiger partial charge in [0.05, 0.1) is 12.0 Å². The number of carboxylic acids is 1. The van der Waals surface area contributed by atoms with Crippen molar-refractivity contribution in [3.05, 3.63) is 59.1 Å². The van der Waals surface area contributed by atoms with E-state index in [1.807, 2.05) is 0 Å². The third-order valence-corrected chi connectivity index (χ3v) is 5.69. The zero-order valence-electron chi connectivity index (χ0n) is 17.7. The van der Waals surface area contributed by atoms with Crippen LogP contribution in [0.5, 0.6) is 5.75 Å². The number of hydrogen-bond acceptors (Lipinski definition) is 4. The van der Waals surface area contributed by atoms with Crippen molar-refractivity contribution in [3.8, 4) is 5.75 Å². The highest BCUT2D eigenvalue weighted by atomic mass is 35.5. The number of amides is 2. The third kappa shape index (κ3) is 7.27. The van der Waals surface area contributed by atoms with Crippen molar-refractivity contribution in [1.29, 1.82) is 0 Å². The molecule has 0 spiro atoms. The Balaban J connectivity index is 1.35. The van der Waals surface area contributed by atoms with Gasteiger partial charge in [-0.25, -0.2) is 4.79 Å². The third-order valence-electron chi connectivity index (χ3n) is 5.45. The van der Waals surface area contributed by atoms with Gasteiger partial charge in [0.2, 0.25) is 0 Å². The van der Waals surface area contributed by atoms with E-state index in [1.165, 1.54) is 0 Å². The molecule has 0 atom stereocenters. The molecular formula is C24H27ClN2O5. The van der Waals surface area contributed by atoms with E-state index in [2.05, 4.69) is 10.6 Å². The molecule has 0 radical (unpaired) electrons. The summed E-state index contributed by atoms with van der Waals surface area (Å²) in [6, 6.07) is 13.5. The summed E-state index contributed by atoms with van der Waals surface area (Å²) < 4.78 is 5.93. The smallest absolute Gasteiger partial charge is 0.319 e. The number of ether oxygens (including phenoxy) is 1. The van der Waals surface area contributed by atoms with E-state index in [-0.39, 0.29) is 23.8 Å². The van der Waals surface area contributed by atoms with Crippen molar-refractivity contribution in [2.24, 2.45) is 5.92 Å². The van der Waals surface area contributed by atoms with Gasteiger partial charge in [-0.1, -0.05) is 17.7 Å². The summed E-state index contributed by atoms with van der Waals surface area (Å²) in [4.78, 5) is 35.3. The number of aliphatic carboxylic acids is 1. The van der Waals surface area contributed by atoms with Crippen LogP contribution in [0.2, 0.25) is 5.02 Å². The first kappa shape index (κ1) is 23.6. The van der Waals surface area contributed by atoms with Crippen molar-refractivity contribution in [3.63, 3.8) is 0 Å². The van der Waals surface area contributed by atoms with Crippen LogP contribution < -0.4 is 15.4 Å². The molecule has 3 N–H and O–H groups in total. The second-order valence-electron chi connectivity index (χ2n) is 7.87. The molecule has 1 fully saturated rings. The maximum Gasteiger partial charge on any atom is 0.319 e. The molecule has 2 amide bonds.